The van der Waals surface area contributed by atoms with Crippen molar-refractivity contribution in [3.63, 3.8) is 0 Å². The van der Waals surface area contributed by atoms with Crippen molar-refractivity contribution >= 4 is 19.5 Å². The lowest BCUT2D eigenvalue weighted by Gasteiger charge is -2.23. The van der Waals surface area contributed by atoms with Crippen molar-refractivity contribution in [1.82, 2.24) is 0 Å². The topological polar surface area (TPSA) is 9.23 Å². The van der Waals surface area contributed by atoms with Crippen LogP contribution in [-0.2, 0) is 4.12 Å². The van der Waals surface area contributed by atoms with E-state index in [1.54, 1.807) is 0 Å². The number of benzene rings is 1. The van der Waals surface area contributed by atoms with E-state index in [0.29, 0.717) is 5.92 Å². The fourth-order valence-electron chi connectivity index (χ4n) is 2.09. The molecule has 3 heteroatoms. The van der Waals surface area contributed by atoms with Gasteiger partial charge in [-0.25, -0.2) is 0 Å². The third-order valence-corrected chi connectivity index (χ3v) is 8.87. The summed E-state index contributed by atoms with van der Waals surface area (Å²) in [5, 5.41) is 0. The van der Waals surface area contributed by atoms with Crippen LogP contribution in [0.2, 0.25) is 11.6 Å². The van der Waals surface area contributed by atoms with Gasteiger partial charge < -0.3 is 4.12 Å². The van der Waals surface area contributed by atoms with Crippen molar-refractivity contribution in [2.24, 2.45) is 0 Å². The van der Waals surface area contributed by atoms with Gasteiger partial charge in [0, 0.05) is 0 Å². The summed E-state index contributed by atoms with van der Waals surface area (Å²) in [6.45, 7) is 6.96. The van der Waals surface area contributed by atoms with Gasteiger partial charge in [0.15, 0.2) is 9.04 Å². The highest BCUT2D eigenvalue weighted by Crippen LogP contribution is 2.26. The fourth-order valence-corrected chi connectivity index (χ4v) is 6.68. The second-order valence-corrected chi connectivity index (χ2v) is 9.28. The Morgan fingerprint density at radius 1 is 1.25 bits per heavy atom. The molecule has 0 heterocycles. The smallest absolute Gasteiger partial charge is 0.165 e. The van der Waals surface area contributed by atoms with Gasteiger partial charge in [0.1, 0.15) is 10.5 Å². The van der Waals surface area contributed by atoms with Crippen LogP contribution in [0.25, 0.3) is 0 Å². The molecule has 0 radical (unpaired) electrons. The molecule has 0 saturated heterocycles. The maximum Gasteiger partial charge on any atom is 0.165 e. The molecule has 90 valence electrons. The highest BCUT2D eigenvalue weighted by molar-refractivity contribution is 6.57. The van der Waals surface area contributed by atoms with E-state index < -0.39 is 9.04 Å². The van der Waals surface area contributed by atoms with Gasteiger partial charge in [-0.05, 0) is 23.1 Å². The third kappa shape index (κ3) is 3.88. The fraction of sp³-hybridized carbons (Fsp3) is 0.538. The van der Waals surface area contributed by atoms with Gasteiger partial charge in [0.05, 0.1) is 0 Å². The lowest BCUT2D eigenvalue weighted by molar-refractivity contribution is 0.579. The van der Waals surface area contributed by atoms with E-state index in [4.69, 9.17) is 4.12 Å². The van der Waals surface area contributed by atoms with E-state index >= 15 is 0 Å². The first kappa shape index (κ1) is 13.7. The van der Waals surface area contributed by atoms with Crippen LogP contribution in [0.4, 0.5) is 0 Å². The lowest BCUT2D eigenvalue weighted by atomic mass is 10.0. The largest absolute Gasteiger partial charge is 0.465 e. The zero-order chi connectivity index (χ0) is 12.0. The minimum absolute atomic E-state index is 0.654. The Kier molecular flexibility index (Phi) is 6.02. The Bertz CT molecular complexity index is 289. The Morgan fingerprint density at radius 3 is 2.38 bits per heavy atom. The molecule has 0 amide bonds. The first-order valence-electron chi connectivity index (χ1n) is 6.26. The zero-order valence-electron chi connectivity index (χ0n) is 10.9. The summed E-state index contributed by atoms with van der Waals surface area (Å²) in [5.41, 5.74) is 2.27. The highest BCUT2D eigenvalue weighted by Gasteiger charge is 2.20. The van der Waals surface area contributed by atoms with Crippen molar-refractivity contribution in [2.75, 3.05) is 0 Å². The average Bonchev–Trinajstić information content (AvgIpc) is 2.35. The Hall–Kier alpha value is -0.386. The van der Waals surface area contributed by atoms with E-state index in [0.717, 1.165) is 16.0 Å². The van der Waals surface area contributed by atoms with Crippen LogP contribution >= 0.6 is 0 Å². The first-order chi connectivity index (χ1) is 7.69. The quantitative estimate of drug-likeness (QED) is 0.707. The lowest BCUT2D eigenvalue weighted by Crippen LogP contribution is -2.24. The molecule has 0 spiro atoms. The second kappa shape index (κ2) is 7.04. The van der Waals surface area contributed by atoms with Crippen molar-refractivity contribution in [3.8, 4) is 0 Å². The van der Waals surface area contributed by atoms with Crippen LogP contribution in [0.15, 0.2) is 30.3 Å². The molecule has 0 fully saturated rings. The van der Waals surface area contributed by atoms with Gasteiger partial charge in [-0.15, -0.1) is 0 Å². The van der Waals surface area contributed by atoms with E-state index in [1.165, 1.54) is 18.0 Å². The van der Waals surface area contributed by atoms with E-state index in [2.05, 4.69) is 51.1 Å². The average molecular weight is 253 g/mol. The maximum absolute atomic E-state index is 5.87. The van der Waals surface area contributed by atoms with Crippen LogP contribution in [0.1, 0.15) is 38.7 Å². The molecule has 16 heavy (non-hydrogen) atoms. The van der Waals surface area contributed by atoms with Crippen LogP contribution in [0, 0.1) is 0 Å². The summed E-state index contributed by atoms with van der Waals surface area (Å²) >= 11 is 0. The van der Waals surface area contributed by atoms with Crippen molar-refractivity contribution in [1.29, 1.82) is 0 Å². The van der Waals surface area contributed by atoms with Gasteiger partial charge in [-0.2, -0.15) is 0 Å². The van der Waals surface area contributed by atoms with Crippen LogP contribution in [0.3, 0.4) is 0 Å². The molecule has 0 bridgehead atoms. The van der Waals surface area contributed by atoms with E-state index in [9.17, 15) is 0 Å². The van der Waals surface area contributed by atoms with Crippen LogP contribution in [-0.4, -0.2) is 19.5 Å². The van der Waals surface area contributed by atoms with Gasteiger partial charge in [-0.3, -0.25) is 0 Å². The normalized spacial score (nSPS) is 16.9. The molecule has 1 aromatic carbocycles. The molecule has 0 aliphatic heterocycles. The van der Waals surface area contributed by atoms with Crippen molar-refractivity contribution < 1.29 is 4.12 Å². The van der Waals surface area contributed by atoms with E-state index in [-0.39, 0.29) is 0 Å². The monoisotopic (exact) mass is 252 g/mol. The third-order valence-electron chi connectivity index (χ3n) is 3.54. The molecular formula is C13H24OSi2. The number of rotatable bonds is 6. The highest BCUT2D eigenvalue weighted by atomic mass is 28.3. The SMILES string of the molecule is CCC(C)[SiH](CC(C)c1ccccc1)O[SiH3]. The van der Waals surface area contributed by atoms with Gasteiger partial charge >= 0.3 is 0 Å². The molecule has 3 atom stereocenters. The molecule has 1 rings (SSSR count). The summed E-state index contributed by atoms with van der Waals surface area (Å²) < 4.78 is 5.87. The Morgan fingerprint density at radius 2 is 1.88 bits per heavy atom. The Balaban J connectivity index is 2.59. The van der Waals surface area contributed by atoms with Crippen molar-refractivity contribution in [2.45, 2.75) is 44.7 Å². The molecule has 0 N–H and O–H groups in total. The molecule has 1 nitrogen and oxygen atoms in total. The summed E-state index contributed by atoms with van der Waals surface area (Å²) in [6, 6.07) is 12.1. The summed E-state index contributed by atoms with van der Waals surface area (Å²) in [4.78, 5) is 0. The second-order valence-electron chi connectivity index (χ2n) is 4.71. The molecule has 0 aliphatic carbocycles. The maximum atomic E-state index is 5.87. The van der Waals surface area contributed by atoms with Gasteiger partial charge in [0.25, 0.3) is 0 Å². The minimum Gasteiger partial charge on any atom is -0.465 e. The number of hydrogen-bond acceptors (Lipinski definition) is 1. The van der Waals surface area contributed by atoms with Crippen molar-refractivity contribution in [3.05, 3.63) is 35.9 Å². The molecule has 3 unspecified atom stereocenters. The molecular weight excluding hydrogens is 228 g/mol. The number of hydrogen-bond donors (Lipinski definition) is 0. The van der Waals surface area contributed by atoms with Gasteiger partial charge in [0.2, 0.25) is 0 Å². The minimum atomic E-state index is -0.973. The predicted molar refractivity (Wildman–Crippen MR) is 77.6 cm³/mol. The standard InChI is InChI=1S/C13H24OSi2/c1-4-12(3)16(14-15)10-11(2)13-8-6-5-7-9-13/h5-9,11-12,16H,4,10H2,1-3,15H3. The zero-order valence-corrected chi connectivity index (χ0v) is 14.1. The summed E-state index contributed by atoms with van der Waals surface area (Å²) in [5.74, 6) is 0.654. The summed E-state index contributed by atoms with van der Waals surface area (Å²) in [7, 11) is -0.0689. The van der Waals surface area contributed by atoms with Gasteiger partial charge in [-0.1, -0.05) is 57.5 Å². The Labute approximate surface area is 104 Å². The van der Waals surface area contributed by atoms with E-state index in [1.807, 2.05) is 0 Å². The molecule has 1 aromatic rings. The van der Waals surface area contributed by atoms with Crippen LogP contribution in [0.5, 0.6) is 0 Å². The molecule has 0 saturated carbocycles. The van der Waals surface area contributed by atoms with Crippen LogP contribution < -0.4 is 0 Å². The molecule has 0 aromatic heterocycles. The predicted octanol–water partition coefficient (Wildman–Crippen LogP) is 2.61. The summed E-state index contributed by atoms with van der Waals surface area (Å²) in [6.07, 6.45) is 1.26. The first-order valence-corrected chi connectivity index (χ1v) is 9.03. The molecule has 0 aliphatic rings.